The van der Waals surface area contributed by atoms with Crippen molar-refractivity contribution in [1.82, 2.24) is 20.3 Å². The van der Waals surface area contributed by atoms with E-state index in [2.05, 4.69) is 23.5 Å². The maximum Gasteiger partial charge on any atom is 0.160 e. The SMILES string of the molecule is COc1ccc(CCNCc2nn(Cc3cccc(Cl)c3)nc2-c2ccccc2)cc1OC. The third-order valence-corrected chi connectivity index (χ3v) is 5.55. The molecule has 4 rings (SSSR count). The van der Waals surface area contributed by atoms with Gasteiger partial charge in [0.1, 0.15) is 11.4 Å². The average Bonchev–Trinajstić information content (AvgIpc) is 3.24. The fraction of sp³-hybridized carbons (Fsp3) is 0.231. The van der Waals surface area contributed by atoms with Crippen LogP contribution >= 0.6 is 11.6 Å². The lowest BCUT2D eigenvalue weighted by Crippen LogP contribution is -2.17. The van der Waals surface area contributed by atoms with Gasteiger partial charge in [0.2, 0.25) is 0 Å². The Balaban J connectivity index is 1.45. The zero-order valence-electron chi connectivity index (χ0n) is 18.8. The van der Waals surface area contributed by atoms with Crippen molar-refractivity contribution in [2.75, 3.05) is 20.8 Å². The number of hydrogen-bond donors (Lipinski definition) is 1. The predicted octanol–water partition coefficient (Wildman–Crippen LogP) is 5.00. The molecular weight excluding hydrogens is 436 g/mol. The van der Waals surface area contributed by atoms with Gasteiger partial charge in [-0.15, -0.1) is 0 Å². The minimum Gasteiger partial charge on any atom is -0.493 e. The molecule has 33 heavy (non-hydrogen) atoms. The summed E-state index contributed by atoms with van der Waals surface area (Å²) in [6.07, 6.45) is 0.859. The molecule has 1 heterocycles. The van der Waals surface area contributed by atoms with Crippen LogP contribution in [0.4, 0.5) is 0 Å². The van der Waals surface area contributed by atoms with Crippen LogP contribution in [-0.2, 0) is 19.5 Å². The highest BCUT2D eigenvalue weighted by atomic mass is 35.5. The Morgan fingerprint density at radius 1 is 0.848 bits per heavy atom. The van der Waals surface area contributed by atoms with Crippen molar-refractivity contribution in [2.24, 2.45) is 0 Å². The lowest BCUT2D eigenvalue weighted by Gasteiger charge is -2.10. The van der Waals surface area contributed by atoms with Crippen LogP contribution in [0.5, 0.6) is 11.5 Å². The first kappa shape index (κ1) is 22.8. The van der Waals surface area contributed by atoms with E-state index < -0.39 is 0 Å². The Labute approximate surface area is 199 Å². The number of benzene rings is 3. The summed E-state index contributed by atoms with van der Waals surface area (Å²) in [5, 5.41) is 13.8. The minimum absolute atomic E-state index is 0.562. The zero-order chi connectivity index (χ0) is 23.0. The number of methoxy groups -OCH3 is 2. The summed E-state index contributed by atoms with van der Waals surface area (Å²) >= 11 is 6.14. The molecule has 7 heteroatoms. The van der Waals surface area contributed by atoms with E-state index in [9.17, 15) is 0 Å². The summed E-state index contributed by atoms with van der Waals surface area (Å²) in [6.45, 7) is 1.98. The Kier molecular flexibility index (Phi) is 7.60. The summed E-state index contributed by atoms with van der Waals surface area (Å²) < 4.78 is 10.7. The van der Waals surface area contributed by atoms with Crippen molar-refractivity contribution < 1.29 is 9.47 Å². The van der Waals surface area contributed by atoms with E-state index in [-0.39, 0.29) is 0 Å². The van der Waals surface area contributed by atoms with Crippen molar-refractivity contribution in [3.8, 4) is 22.8 Å². The summed E-state index contributed by atoms with van der Waals surface area (Å²) in [5.41, 5.74) is 5.08. The predicted molar refractivity (Wildman–Crippen MR) is 131 cm³/mol. The standard InChI is InChI=1S/C26H27ClN4O2/c1-32-24-12-11-19(16-25(24)33-2)13-14-28-17-23-26(21-8-4-3-5-9-21)30-31(29-23)18-20-7-6-10-22(27)15-20/h3-12,15-16,28H,13-14,17-18H2,1-2H3. The number of aromatic nitrogens is 3. The second kappa shape index (κ2) is 11.0. The van der Waals surface area contributed by atoms with Crippen molar-refractivity contribution in [3.05, 3.63) is 94.6 Å². The number of halogens is 1. The molecule has 1 aromatic heterocycles. The van der Waals surface area contributed by atoms with E-state index in [4.69, 9.17) is 31.3 Å². The summed E-state index contributed by atoms with van der Waals surface area (Å²) in [5.74, 6) is 1.48. The van der Waals surface area contributed by atoms with E-state index in [1.165, 1.54) is 5.56 Å². The van der Waals surface area contributed by atoms with Gasteiger partial charge in [-0.2, -0.15) is 15.0 Å². The van der Waals surface area contributed by atoms with E-state index >= 15 is 0 Å². The lowest BCUT2D eigenvalue weighted by atomic mass is 10.1. The molecule has 0 bridgehead atoms. The van der Waals surface area contributed by atoms with Crippen LogP contribution in [0, 0.1) is 0 Å². The van der Waals surface area contributed by atoms with Gasteiger partial charge in [0.15, 0.2) is 11.5 Å². The second-order valence-electron chi connectivity index (χ2n) is 7.64. The van der Waals surface area contributed by atoms with E-state index in [1.807, 2.05) is 54.6 Å². The third kappa shape index (κ3) is 5.92. The Hall–Kier alpha value is -3.35. The maximum absolute atomic E-state index is 6.14. The average molecular weight is 463 g/mol. The molecule has 3 aromatic carbocycles. The quantitative estimate of drug-likeness (QED) is 0.336. The highest BCUT2D eigenvalue weighted by Gasteiger charge is 2.13. The first-order chi connectivity index (χ1) is 16.2. The van der Waals surface area contributed by atoms with Crippen LogP contribution in [0.25, 0.3) is 11.3 Å². The number of rotatable bonds is 10. The Morgan fingerprint density at radius 2 is 1.67 bits per heavy atom. The molecule has 0 unspecified atom stereocenters. The Morgan fingerprint density at radius 3 is 2.42 bits per heavy atom. The minimum atomic E-state index is 0.562. The fourth-order valence-electron chi connectivity index (χ4n) is 3.67. The van der Waals surface area contributed by atoms with Gasteiger partial charge in [0.25, 0.3) is 0 Å². The van der Waals surface area contributed by atoms with Gasteiger partial charge in [-0.05, 0) is 48.4 Å². The first-order valence-electron chi connectivity index (χ1n) is 10.8. The van der Waals surface area contributed by atoms with Crippen LogP contribution in [0.15, 0.2) is 72.8 Å². The molecule has 0 saturated heterocycles. The van der Waals surface area contributed by atoms with E-state index in [0.29, 0.717) is 18.1 Å². The van der Waals surface area contributed by atoms with Gasteiger partial charge < -0.3 is 14.8 Å². The highest BCUT2D eigenvalue weighted by Crippen LogP contribution is 2.27. The van der Waals surface area contributed by atoms with Crippen molar-refractivity contribution in [1.29, 1.82) is 0 Å². The van der Waals surface area contributed by atoms with Gasteiger partial charge in [0.05, 0.1) is 20.8 Å². The van der Waals surface area contributed by atoms with Gasteiger partial charge in [-0.1, -0.05) is 60.1 Å². The molecular formula is C26H27ClN4O2. The van der Waals surface area contributed by atoms with Crippen molar-refractivity contribution in [3.63, 3.8) is 0 Å². The smallest absolute Gasteiger partial charge is 0.160 e. The summed E-state index contributed by atoms with van der Waals surface area (Å²) in [7, 11) is 3.29. The number of ether oxygens (including phenoxy) is 2. The van der Waals surface area contributed by atoms with E-state index in [0.717, 1.165) is 47.0 Å². The van der Waals surface area contributed by atoms with Gasteiger partial charge in [-0.3, -0.25) is 0 Å². The molecule has 0 saturated carbocycles. The number of nitrogens with zero attached hydrogens (tertiary/aromatic N) is 3. The van der Waals surface area contributed by atoms with Crippen molar-refractivity contribution >= 4 is 11.6 Å². The Bertz CT molecular complexity index is 1190. The molecule has 1 N–H and O–H groups in total. The first-order valence-corrected chi connectivity index (χ1v) is 11.2. The molecule has 0 spiro atoms. The summed E-state index contributed by atoms with van der Waals surface area (Å²) in [4.78, 5) is 1.74. The van der Waals surface area contributed by atoms with Gasteiger partial charge in [-0.25, -0.2) is 0 Å². The molecule has 0 aliphatic carbocycles. The second-order valence-corrected chi connectivity index (χ2v) is 8.07. The summed E-state index contributed by atoms with van der Waals surface area (Å²) in [6, 6.07) is 23.9. The normalized spacial score (nSPS) is 10.9. The molecule has 0 amide bonds. The van der Waals surface area contributed by atoms with Crippen LogP contribution in [-0.4, -0.2) is 35.8 Å². The molecule has 0 radical (unpaired) electrons. The molecule has 0 atom stereocenters. The van der Waals surface area contributed by atoms with Gasteiger partial charge in [0, 0.05) is 17.1 Å². The lowest BCUT2D eigenvalue weighted by molar-refractivity contribution is 0.354. The molecule has 6 nitrogen and oxygen atoms in total. The monoisotopic (exact) mass is 462 g/mol. The molecule has 4 aromatic rings. The maximum atomic E-state index is 6.14. The van der Waals surface area contributed by atoms with Crippen LogP contribution < -0.4 is 14.8 Å². The van der Waals surface area contributed by atoms with Crippen molar-refractivity contribution in [2.45, 2.75) is 19.5 Å². The highest BCUT2D eigenvalue weighted by molar-refractivity contribution is 6.30. The van der Waals surface area contributed by atoms with Gasteiger partial charge >= 0.3 is 0 Å². The number of hydrogen-bond acceptors (Lipinski definition) is 5. The molecule has 0 aliphatic rings. The fourth-order valence-corrected chi connectivity index (χ4v) is 3.88. The molecule has 170 valence electrons. The largest absolute Gasteiger partial charge is 0.493 e. The molecule has 0 aliphatic heterocycles. The topological polar surface area (TPSA) is 61.2 Å². The van der Waals surface area contributed by atoms with Crippen LogP contribution in [0.1, 0.15) is 16.8 Å². The third-order valence-electron chi connectivity index (χ3n) is 5.32. The van der Waals surface area contributed by atoms with Crippen LogP contribution in [0.3, 0.4) is 0 Å². The molecule has 0 fully saturated rings. The van der Waals surface area contributed by atoms with E-state index in [1.54, 1.807) is 19.0 Å². The number of nitrogens with one attached hydrogen (secondary N) is 1. The zero-order valence-corrected chi connectivity index (χ0v) is 19.5. The van der Waals surface area contributed by atoms with Crippen LogP contribution in [0.2, 0.25) is 5.02 Å².